The van der Waals surface area contributed by atoms with Gasteiger partial charge in [-0.05, 0) is 36.8 Å². The van der Waals surface area contributed by atoms with Gasteiger partial charge in [-0.2, -0.15) is 5.26 Å². The maximum Gasteiger partial charge on any atom is 0.143 e. The van der Waals surface area contributed by atoms with E-state index in [2.05, 4.69) is 11.4 Å². The number of benzene rings is 2. The molecule has 1 unspecified atom stereocenters. The number of para-hydroxylation sites is 1. The minimum absolute atomic E-state index is 0.0526. The van der Waals surface area contributed by atoms with Crippen LogP contribution in [-0.2, 0) is 0 Å². The number of halogens is 2. The van der Waals surface area contributed by atoms with Crippen molar-refractivity contribution in [2.75, 3.05) is 12.4 Å². The normalized spacial score (nSPS) is 11.6. The van der Waals surface area contributed by atoms with Crippen LogP contribution in [0.3, 0.4) is 0 Å². The van der Waals surface area contributed by atoms with Crippen molar-refractivity contribution in [2.24, 2.45) is 0 Å². The molecule has 0 amide bonds. The second kappa shape index (κ2) is 6.71. The van der Waals surface area contributed by atoms with Gasteiger partial charge in [0, 0.05) is 6.04 Å². The average molecular weight is 321 g/mol. The molecular formula is C16H14Cl2N2O. The van der Waals surface area contributed by atoms with E-state index in [1.54, 1.807) is 25.3 Å². The average Bonchev–Trinajstić information content (AvgIpc) is 2.50. The molecule has 0 saturated carbocycles. The molecule has 0 bridgehead atoms. The van der Waals surface area contributed by atoms with Crippen molar-refractivity contribution < 1.29 is 4.74 Å². The van der Waals surface area contributed by atoms with Gasteiger partial charge in [-0.25, -0.2) is 0 Å². The SMILES string of the molecule is COc1cccc(C#N)c1NC(C)c1ccc(Cl)c(Cl)c1. The summed E-state index contributed by atoms with van der Waals surface area (Å²) in [6.45, 7) is 1.98. The summed E-state index contributed by atoms with van der Waals surface area (Å²) in [7, 11) is 1.57. The summed E-state index contributed by atoms with van der Waals surface area (Å²) in [6, 6.07) is 12.9. The minimum Gasteiger partial charge on any atom is -0.495 e. The first kappa shape index (κ1) is 15.5. The van der Waals surface area contributed by atoms with Crippen molar-refractivity contribution in [1.82, 2.24) is 0 Å². The van der Waals surface area contributed by atoms with Crippen molar-refractivity contribution in [3.63, 3.8) is 0 Å². The van der Waals surface area contributed by atoms with Crippen LogP contribution in [0.2, 0.25) is 10.0 Å². The molecule has 0 heterocycles. The van der Waals surface area contributed by atoms with E-state index >= 15 is 0 Å². The lowest BCUT2D eigenvalue weighted by Gasteiger charge is -2.19. The Balaban J connectivity index is 2.33. The molecule has 0 radical (unpaired) electrons. The Hall–Kier alpha value is -1.89. The summed E-state index contributed by atoms with van der Waals surface area (Å²) in [4.78, 5) is 0. The molecule has 21 heavy (non-hydrogen) atoms. The largest absolute Gasteiger partial charge is 0.495 e. The first-order valence-corrected chi connectivity index (χ1v) is 7.11. The topological polar surface area (TPSA) is 45.0 Å². The monoisotopic (exact) mass is 320 g/mol. The standard InChI is InChI=1S/C16H14Cl2N2O/c1-10(11-6-7-13(17)14(18)8-11)20-16-12(9-19)4-3-5-15(16)21-2/h3-8,10,20H,1-2H3. The first-order chi connectivity index (χ1) is 10.1. The van der Waals surface area contributed by atoms with Crippen molar-refractivity contribution in [1.29, 1.82) is 5.26 Å². The minimum atomic E-state index is -0.0526. The Morgan fingerprint density at radius 1 is 1.19 bits per heavy atom. The van der Waals surface area contributed by atoms with Crippen LogP contribution in [-0.4, -0.2) is 7.11 Å². The maximum absolute atomic E-state index is 9.22. The van der Waals surface area contributed by atoms with Crippen molar-refractivity contribution in [2.45, 2.75) is 13.0 Å². The maximum atomic E-state index is 9.22. The van der Waals surface area contributed by atoms with E-state index < -0.39 is 0 Å². The number of methoxy groups -OCH3 is 1. The number of nitriles is 1. The Bertz CT molecular complexity index is 695. The van der Waals surface area contributed by atoms with Gasteiger partial charge in [-0.1, -0.05) is 35.3 Å². The van der Waals surface area contributed by atoms with Gasteiger partial charge >= 0.3 is 0 Å². The summed E-state index contributed by atoms with van der Waals surface area (Å²) >= 11 is 12.0. The lowest BCUT2D eigenvalue weighted by Crippen LogP contribution is -2.09. The molecule has 0 aliphatic rings. The van der Waals surface area contributed by atoms with Gasteiger partial charge in [-0.3, -0.25) is 0 Å². The predicted molar refractivity (Wildman–Crippen MR) is 86.2 cm³/mol. The molecule has 5 heteroatoms. The summed E-state index contributed by atoms with van der Waals surface area (Å²) in [5.74, 6) is 0.626. The van der Waals surface area contributed by atoms with Crippen LogP contribution in [0.15, 0.2) is 36.4 Å². The van der Waals surface area contributed by atoms with Crippen molar-refractivity contribution in [3.05, 3.63) is 57.6 Å². The fraction of sp³-hybridized carbons (Fsp3) is 0.188. The number of rotatable bonds is 4. The molecule has 0 spiro atoms. The van der Waals surface area contributed by atoms with Crippen molar-refractivity contribution >= 4 is 28.9 Å². The van der Waals surface area contributed by atoms with E-state index in [0.29, 0.717) is 27.0 Å². The van der Waals surface area contributed by atoms with Crippen LogP contribution in [0.4, 0.5) is 5.69 Å². The van der Waals surface area contributed by atoms with E-state index in [4.69, 9.17) is 27.9 Å². The molecule has 0 aromatic heterocycles. The number of ether oxygens (including phenoxy) is 1. The molecule has 2 aromatic rings. The highest BCUT2D eigenvalue weighted by Crippen LogP contribution is 2.32. The quantitative estimate of drug-likeness (QED) is 0.857. The number of nitrogens with zero attached hydrogens (tertiary/aromatic N) is 1. The second-order valence-electron chi connectivity index (χ2n) is 4.53. The smallest absolute Gasteiger partial charge is 0.143 e. The van der Waals surface area contributed by atoms with Crippen LogP contribution in [0.5, 0.6) is 5.75 Å². The van der Waals surface area contributed by atoms with Gasteiger partial charge in [-0.15, -0.1) is 0 Å². The van der Waals surface area contributed by atoms with Crippen LogP contribution in [0, 0.1) is 11.3 Å². The Morgan fingerprint density at radius 3 is 2.57 bits per heavy atom. The molecule has 0 aliphatic heterocycles. The van der Waals surface area contributed by atoms with Gasteiger partial charge < -0.3 is 10.1 Å². The zero-order chi connectivity index (χ0) is 15.4. The second-order valence-corrected chi connectivity index (χ2v) is 5.35. The van der Waals surface area contributed by atoms with Crippen LogP contribution in [0.25, 0.3) is 0 Å². The predicted octanol–water partition coefficient (Wildman–Crippen LogP) is 5.05. The molecule has 3 nitrogen and oxygen atoms in total. The fourth-order valence-corrected chi connectivity index (χ4v) is 2.33. The zero-order valence-corrected chi connectivity index (χ0v) is 13.2. The molecule has 2 aromatic carbocycles. The van der Waals surface area contributed by atoms with E-state index in [-0.39, 0.29) is 6.04 Å². The Labute approximate surface area is 134 Å². The first-order valence-electron chi connectivity index (χ1n) is 6.35. The van der Waals surface area contributed by atoms with Gasteiger partial charge in [0.15, 0.2) is 0 Å². The molecule has 108 valence electrons. The highest BCUT2D eigenvalue weighted by molar-refractivity contribution is 6.42. The van der Waals surface area contributed by atoms with E-state index in [9.17, 15) is 5.26 Å². The molecule has 1 N–H and O–H groups in total. The molecular weight excluding hydrogens is 307 g/mol. The summed E-state index contributed by atoms with van der Waals surface area (Å²) in [6.07, 6.45) is 0. The van der Waals surface area contributed by atoms with Crippen LogP contribution in [0.1, 0.15) is 24.1 Å². The highest BCUT2D eigenvalue weighted by Gasteiger charge is 2.13. The summed E-state index contributed by atoms with van der Waals surface area (Å²) in [5, 5.41) is 13.5. The molecule has 0 fully saturated rings. The summed E-state index contributed by atoms with van der Waals surface area (Å²) in [5.41, 5.74) is 2.17. The van der Waals surface area contributed by atoms with Gasteiger partial charge in [0.1, 0.15) is 11.8 Å². The van der Waals surface area contributed by atoms with E-state index in [0.717, 1.165) is 5.56 Å². The third-order valence-electron chi connectivity index (χ3n) is 3.17. The van der Waals surface area contributed by atoms with Gasteiger partial charge in [0.2, 0.25) is 0 Å². The lowest BCUT2D eigenvalue weighted by atomic mass is 10.1. The zero-order valence-electron chi connectivity index (χ0n) is 11.7. The fourth-order valence-electron chi connectivity index (χ4n) is 2.02. The van der Waals surface area contributed by atoms with Gasteiger partial charge in [0.25, 0.3) is 0 Å². The molecule has 2 rings (SSSR count). The number of hydrogen-bond donors (Lipinski definition) is 1. The van der Waals surface area contributed by atoms with E-state index in [1.807, 2.05) is 25.1 Å². The summed E-state index contributed by atoms with van der Waals surface area (Å²) < 4.78 is 5.31. The van der Waals surface area contributed by atoms with Crippen LogP contribution < -0.4 is 10.1 Å². The number of nitrogens with one attached hydrogen (secondary N) is 1. The Morgan fingerprint density at radius 2 is 1.95 bits per heavy atom. The third kappa shape index (κ3) is 3.41. The molecule has 0 aliphatic carbocycles. The Kier molecular flexibility index (Phi) is 4.95. The molecule has 0 saturated heterocycles. The highest BCUT2D eigenvalue weighted by atomic mass is 35.5. The number of hydrogen-bond acceptors (Lipinski definition) is 3. The van der Waals surface area contributed by atoms with Crippen molar-refractivity contribution in [3.8, 4) is 11.8 Å². The van der Waals surface area contributed by atoms with Crippen LogP contribution >= 0.6 is 23.2 Å². The van der Waals surface area contributed by atoms with Gasteiger partial charge in [0.05, 0.1) is 28.4 Å². The lowest BCUT2D eigenvalue weighted by molar-refractivity contribution is 0.416. The molecule has 1 atom stereocenters. The third-order valence-corrected chi connectivity index (χ3v) is 3.91. The van der Waals surface area contributed by atoms with E-state index in [1.165, 1.54) is 0 Å². The number of anilines is 1.